The smallest absolute Gasteiger partial charge is 0.337 e. The minimum atomic E-state index is -0.471. The van der Waals surface area contributed by atoms with Gasteiger partial charge in [-0.2, -0.15) is 0 Å². The lowest BCUT2D eigenvalue weighted by atomic mass is 10.2. The molecule has 16 heavy (non-hydrogen) atoms. The Hall–Kier alpha value is -2.10. The third kappa shape index (κ3) is 3.24. The van der Waals surface area contributed by atoms with Crippen molar-refractivity contribution in [2.75, 3.05) is 7.11 Å². The first kappa shape index (κ1) is 12.0. The maximum atomic E-state index is 11.2. The number of benzene rings is 1. The molecule has 4 heteroatoms. The van der Waals surface area contributed by atoms with Gasteiger partial charge in [-0.25, -0.2) is 4.79 Å². The van der Waals surface area contributed by atoms with Crippen molar-refractivity contribution in [1.82, 2.24) is 0 Å². The molecule has 1 rings (SSSR count). The second-order valence-electron chi connectivity index (χ2n) is 2.99. The zero-order valence-electron chi connectivity index (χ0n) is 8.93. The molecule has 0 saturated carbocycles. The Morgan fingerprint density at radius 3 is 2.81 bits per heavy atom. The van der Waals surface area contributed by atoms with Gasteiger partial charge in [-0.1, -0.05) is 12.1 Å². The SMILES string of the molecule is C=CCC(=O)Oc1cccc(C(=O)OC)c1. The Labute approximate surface area is 93.5 Å². The predicted octanol–water partition coefficient (Wildman–Crippen LogP) is 1.95. The zero-order chi connectivity index (χ0) is 12.0. The van der Waals surface area contributed by atoms with E-state index in [4.69, 9.17) is 4.74 Å². The largest absolute Gasteiger partial charge is 0.465 e. The molecule has 0 atom stereocenters. The van der Waals surface area contributed by atoms with Crippen LogP contribution in [0.5, 0.6) is 5.75 Å². The Kier molecular flexibility index (Phi) is 4.27. The molecule has 1 aromatic carbocycles. The Bertz CT molecular complexity index is 409. The van der Waals surface area contributed by atoms with Crippen molar-refractivity contribution in [3.05, 3.63) is 42.5 Å². The third-order valence-corrected chi connectivity index (χ3v) is 1.80. The second kappa shape index (κ2) is 5.70. The van der Waals surface area contributed by atoms with E-state index < -0.39 is 11.9 Å². The van der Waals surface area contributed by atoms with E-state index in [1.807, 2.05) is 0 Å². The van der Waals surface area contributed by atoms with Gasteiger partial charge in [0.25, 0.3) is 0 Å². The van der Waals surface area contributed by atoms with Crippen LogP contribution in [0.15, 0.2) is 36.9 Å². The molecule has 0 aliphatic heterocycles. The van der Waals surface area contributed by atoms with Crippen molar-refractivity contribution in [1.29, 1.82) is 0 Å². The van der Waals surface area contributed by atoms with Crippen molar-refractivity contribution >= 4 is 11.9 Å². The summed E-state index contributed by atoms with van der Waals surface area (Å²) in [6.07, 6.45) is 1.58. The average Bonchev–Trinajstić information content (AvgIpc) is 2.28. The van der Waals surface area contributed by atoms with Gasteiger partial charge in [-0.15, -0.1) is 6.58 Å². The van der Waals surface area contributed by atoms with Crippen LogP contribution < -0.4 is 4.74 Å². The highest BCUT2D eigenvalue weighted by Crippen LogP contribution is 2.14. The topological polar surface area (TPSA) is 52.6 Å². The number of hydrogen-bond donors (Lipinski definition) is 0. The van der Waals surface area contributed by atoms with Gasteiger partial charge in [0.15, 0.2) is 0 Å². The fraction of sp³-hybridized carbons (Fsp3) is 0.167. The highest BCUT2D eigenvalue weighted by molar-refractivity contribution is 5.90. The minimum absolute atomic E-state index is 0.127. The van der Waals surface area contributed by atoms with Crippen LogP contribution in [0.1, 0.15) is 16.8 Å². The lowest BCUT2D eigenvalue weighted by molar-refractivity contribution is -0.133. The van der Waals surface area contributed by atoms with Gasteiger partial charge in [0, 0.05) is 0 Å². The summed E-state index contributed by atoms with van der Waals surface area (Å²) in [5.74, 6) is -0.576. The maximum Gasteiger partial charge on any atom is 0.337 e. The molecule has 0 bridgehead atoms. The molecule has 1 aromatic rings. The van der Waals surface area contributed by atoms with Gasteiger partial charge in [0.2, 0.25) is 0 Å². The molecule has 0 aliphatic rings. The van der Waals surface area contributed by atoms with Crippen LogP contribution in [0.25, 0.3) is 0 Å². The number of carbonyl (C=O) groups excluding carboxylic acids is 2. The van der Waals surface area contributed by atoms with Crippen LogP contribution in [0.3, 0.4) is 0 Å². The average molecular weight is 220 g/mol. The van der Waals surface area contributed by atoms with Crippen LogP contribution in [0, 0.1) is 0 Å². The molecular weight excluding hydrogens is 208 g/mol. The van der Waals surface area contributed by atoms with Crippen molar-refractivity contribution in [3.8, 4) is 5.75 Å². The highest BCUT2D eigenvalue weighted by Gasteiger charge is 2.08. The number of carbonyl (C=O) groups is 2. The molecule has 0 radical (unpaired) electrons. The number of rotatable bonds is 4. The molecular formula is C12H12O4. The van der Waals surface area contributed by atoms with Crippen LogP contribution in [0.2, 0.25) is 0 Å². The number of esters is 2. The summed E-state index contributed by atoms with van der Waals surface area (Å²) in [4.78, 5) is 22.4. The van der Waals surface area contributed by atoms with E-state index in [-0.39, 0.29) is 6.42 Å². The van der Waals surface area contributed by atoms with Crippen molar-refractivity contribution in [2.24, 2.45) is 0 Å². The standard InChI is InChI=1S/C12H12O4/c1-3-5-11(13)16-10-7-4-6-9(8-10)12(14)15-2/h3-4,6-8H,1,5H2,2H3. The van der Waals surface area contributed by atoms with Crippen molar-refractivity contribution in [3.63, 3.8) is 0 Å². The van der Waals surface area contributed by atoms with E-state index in [9.17, 15) is 9.59 Å². The molecule has 0 unspecified atom stereocenters. The summed E-state index contributed by atoms with van der Waals surface area (Å²) >= 11 is 0. The summed E-state index contributed by atoms with van der Waals surface area (Å²) in [6, 6.07) is 6.24. The van der Waals surface area contributed by atoms with Crippen LogP contribution >= 0.6 is 0 Å². The van der Waals surface area contributed by atoms with Crippen molar-refractivity contribution < 1.29 is 19.1 Å². The van der Waals surface area contributed by atoms with E-state index in [0.29, 0.717) is 11.3 Å². The quantitative estimate of drug-likeness (QED) is 0.442. The van der Waals surface area contributed by atoms with E-state index in [1.54, 1.807) is 18.2 Å². The molecule has 0 heterocycles. The van der Waals surface area contributed by atoms with E-state index in [1.165, 1.54) is 19.3 Å². The van der Waals surface area contributed by atoms with Gasteiger partial charge < -0.3 is 9.47 Å². The second-order valence-corrected chi connectivity index (χ2v) is 2.99. The van der Waals surface area contributed by atoms with Crippen molar-refractivity contribution in [2.45, 2.75) is 6.42 Å². The summed E-state index contributed by atoms with van der Waals surface area (Å²) in [5, 5.41) is 0. The molecule has 4 nitrogen and oxygen atoms in total. The molecule has 0 amide bonds. The maximum absolute atomic E-state index is 11.2. The summed E-state index contributed by atoms with van der Waals surface area (Å²) < 4.78 is 9.52. The van der Waals surface area contributed by atoms with Crippen LogP contribution in [0.4, 0.5) is 0 Å². The fourth-order valence-corrected chi connectivity index (χ4v) is 1.10. The predicted molar refractivity (Wildman–Crippen MR) is 58.2 cm³/mol. The molecule has 84 valence electrons. The molecule has 0 spiro atoms. The third-order valence-electron chi connectivity index (χ3n) is 1.80. The van der Waals surface area contributed by atoms with Gasteiger partial charge in [-0.05, 0) is 18.2 Å². The lowest BCUT2D eigenvalue weighted by Crippen LogP contribution is -2.07. The highest BCUT2D eigenvalue weighted by atomic mass is 16.5. The van der Waals surface area contributed by atoms with Crippen LogP contribution in [-0.2, 0) is 9.53 Å². The number of hydrogen-bond acceptors (Lipinski definition) is 4. The normalized spacial score (nSPS) is 9.31. The van der Waals surface area contributed by atoms with E-state index in [2.05, 4.69) is 11.3 Å². The first-order valence-corrected chi connectivity index (χ1v) is 4.67. The monoisotopic (exact) mass is 220 g/mol. The first-order valence-electron chi connectivity index (χ1n) is 4.67. The van der Waals surface area contributed by atoms with E-state index >= 15 is 0 Å². The van der Waals surface area contributed by atoms with Gasteiger partial charge >= 0.3 is 11.9 Å². The molecule has 0 aromatic heterocycles. The Balaban J connectivity index is 2.78. The molecule has 0 fully saturated rings. The number of methoxy groups -OCH3 is 1. The molecule has 0 N–H and O–H groups in total. The van der Waals surface area contributed by atoms with Gasteiger partial charge in [0.1, 0.15) is 5.75 Å². The Morgan fingerprint density at radius 1 is 1.44 bits per heavy atom. The fourth-order valence-electron chi connectivity index (χ4n) is 1.10. The minimum Gasteiger partial charge on any atom is -0.465 e. The van der Waals surface area contributed by atoms with Crippen LogP contribution in [-0.4, -0.2) is 19.0 Å². The summed E-state index contributed by atoms with van der Waals surface area (Å²) in [6.45, 7) is 3.43. The lowest BCUT2D eigenvalue weighted by Gasteiger charge is -2.04. The Morgan fingerprint density at radius 2 is 2.19 bits per heavy atom. The zero-order valence-corrected chi connectivity index (χ0v) is 8.93. The molecule has 0 saturated heterocycles. The summed E-state index contributed by atoms with van der Waals surface area (Å²) in [5.41, 5.74) is 0.339. The molecule has 0 aliphatic carbocycles. The van der Waals surface area contributed by atoms with Gasteiger partial charge in [-0.3, -0.25) is 4.79 Å². The van der Waals surface area contributed by atoms with Gasteiger partial charge in [0.05, 0.1) is 19.1 Å². The van der Waals surface area contributed by atoms with E-state index in [0.717, 1.165) is 0 Å². The summed E-state index contributed by atoms with van der Waals surface area (Å²) in [7, 11) is 1.29. The number of ether oxygens (including phenoxy) is 2. The first-order chi connectivity index (χ1) is 7.67.